The fourth-order valence-electron chi connectivity index (χ4n) is 3.13. The molecule has 0 unspecified atom stereocenters. The molecule has 0 bridgehead atoms. The van der Waals surface area contributed by atoms with Crippen LogP contribution in [0.3, 0.4) is 0 Å². The number of benzene rings is 1. The summed E-state index contributed by atoms with van der Waals surface area (Å²) in [4.78, 5) is 2.47. The van der Waals surface area contributed by atoms with Gasteiger partial charge in [-0.1, -0.05) is 13.8 Å². The van der Waals surface area contributed by atoms with Crippen LogP contribution in [-0.2, 0) is 0 Å². The molecule has 5 nitrogen and oxygen atoms in total. The minimum Gasteiger partial charge on any atom is -0.493 e. The number of ether oxygens (including phenoxy) is 1. The molecule has 1 saturated heterocycles. The van der Waals surface area contributed by atoms with Crippen molar-refractivity contribution in [1.29, 1.82) is 0 Å². The van der Waals surface area contributed by atoms with E-state index in [4.69, 9.17) is 10.5 Å². The highest BCUT2D eigenvalue weighted by atomic mass is 19.1. The number of rotatable bonds is 5. The monoisotopic (exact) mass is 306 g/mol. The van der Waals surface area contributed by atoms with E-state index in [0.717, 1.165) is 26.1 Å². The minimum atomic E-state index is -0.397. The largest absolute Gasteiger partial charge is 0.493 e. The lowest BCUT2D eigenvalue weighted by atomic mass is 10.1. The van der Waals surface area contributed by atoms with E-state index < -0.39 is 5.82 Å². The van der Waals surface area contributed by atoms with Crippen molar-refractivity contribution in [2.75, 3.05) is 32.0 Å². The number of nitrogen functional groups attached to an aromatic ring is 1. The van der Waals surface area contributed by atoms with Gasteiger partial charge in [-0.3, -0.25) is 5.10 Å². The van der Waals surface area contributed by atoms with E-state index in [9.17, 15) is 4.39 Å². The molecule has 6 heteroatoms. The number of aromatic nitrogens is 2. The molecular weight excluding hydrogens is 283 g/mol. The Kier molecular flexibility index (Phi) is 4.20. The number of aromatic amines is 1. The molecule has 3 rings (SSSR count). The van der Waals surface area contributed by atoms with Gasteiger partial charge in [-0.15, -0.1) is 0 Å². The normalized spacial score (nSPS) is 19.4. The topological polar surface area (TPSA) is 67.2 Å². The van der Waals surface area contributed by atoms with Crippen molar-refractivity contribution in [3.63, 3.8) is 0 Å². The number of hydrogen-bond acceptors (Lipinski definition) is 4. The first kappa shape index (κ1) is 15.1. The molecule has 0 spiro atoms. The zero-order chi connectivity index (χ0) is 15.7. The first-order valence-corrected chi connectivity index (χ1v) is 7.81. The summed E-state index contributed by atoms with van der Waals surface area (Å²) in [6, 6.07) is 3.11. The van der Waals surface area contributed by atoms with Gasteiger partial charge in [0.25, 0.3) is 0 Å². The maximum absolute atomic E-state index is 14.0. The van der Waals surface area contributed by atoms with E-state index in [2.05, 4.69) is 28.9 Å². The van der Waals surface area contributed by atoms with Crippen LogP contribution in [0.5, 0.6) is 5.75 Å². The van der Waals surface area contributed by atoms with Gasteiger partial charge in [0, 0.05) is 31.1 Å². The van der Waals surface area contributed by atoms with E-state index in [0.29, 0.717) is 35.1 Å². The SMILES string of the molecule is CC(C)CN1CC[C@H](COc2cc(F)c3c(N)[nH]nc3c2)C1. The smallest absolute Gasteiger partial charge is 0.140 e. The number of halogens is 1. The number of nitrogens with two attached hydrogens (primary N) is 1. The summed E-state index contributed by atoms with van der Waals surface area (Å²) < 4.78 is 19.8. The van der Waals surface area contributed by atoms with Crippen molar-refractivity contribution in [3.8, 4) is 5.75 Å². The van der Waals surface area contributed by atoms with E-state index in [1.165, 1.54) is 6.07 Å². The average molecular weight is 306 g/mol. The van der Waals surface area contributed by atoms with Crippen molar-refractivity contribution in [1.82, 2.24) is 15.1 Å². The first-order chi connectivity index (χ1) is 10.5. The van der Waals surface area contributed by atoms with Gasteiger partial charge in [0.1, 0.15) is 22.9 Å². The van der Waals surface area contributed by atoms with Crippen LogP contribution in [0.15, 0.2) is 12.1 Å². The fourth-order valence-corrected chi connectivity index (χ4v) is 3.13. The molecule has 0 amide bonds. The van der Waals surface area contributed by atoms with E-state index in [-0.39, 0.29) is 5.82 Å². The third-order valence-electron chi connectivity index (χ3n) is 4.09. The van der Waals surface area contributed by atoms with Crippen LogP contribution in [0.2, 0.25) is 0 Å². The number of H-pyrrole nitrogens is 1. The Hall–Kier alpha value is -1.82. The Labute approximate surface area is 129 Å². The Morgan fingerprint density at radius 2 is 2.32 bits per heavy atom. The summed E-state index contributed by atoms with van der Waals surface area (Å²) in [6.45, 7) is 8.38. The van der Waals surface area contributed by atoms with Gasteiger partial charge in [0.05, 0.1) is 12.0 Å². The second-order valence-electron chi connectivity index (χ2n) is 6.56. The Bertz CT molecular complexity index is 655. The lowest BCUT2D eigenvalue weighted by Gasteiger charge is -2.18. The van der Waals surface area contributed by atoms with Crippen LogP contribution in [-0.4, -0.2) is 41.3 Å². The van der Waals surface area contributed by atoms with Gasteiger partial charge in [-0.2, -0.15) is 5.10 Å². The van der Waals surface area contributed by atoms with Gasteiger partial charge in [0.15, 0.2) is 0 Å². The van der Waals surface area contributed by atoms with Crippen LogP contribution in [0.25, 0.3) is 10.9 Å². The van der Waals surface area contributed by atoms with Crippen molar-refractivity contribution < 1.29 is 9.13 Å². The summed E-state index contributed by atoms with van der Waals surface area (Å²) in [5.41, 5.74) is 6.15. The molecule has 1 aliphatic rings. The molecule has 2 heterocycles. The second-order valence-corrected chi connectivity index (χ2v) is 6.56. The van der Waals surface area contributed by atoms with Crippen LogP contribution < -0.4 is 10.5 Å². The highest BCUT2D eigenvalue weighted by Gasteiger charge is 2.23. The highest BCUT2D eigenvalue weighted by Crippen LogP contribution is 2.27. The zero-order valence-corrected chi connectivity index (χ0v) is 13.1. The van der Waals surface area contributed by atoms with E-state index in [1.54, 1.807) is 6.07 Å². The summed E-state index contributed by atoms with van der Waals surface area (Å²) in [5, 5.41) is 6.91. The second kappa shape index (κ2) is 6.12. The lowest BCUT2D eigenvalue weighted by Crippen LogP contribution is -2.26. The molecule has 1 atom stereocenters. The number of fused-ring (bicyclic) bond motifs is 1. The number of likely N-dealkylation sites (tertiary alicyclic amines) is 1. The maximum atomic E-state index is 14.0. The summed E-state index contributed by atoms with van der Waals surface area (Å²) in [5.74, 6) is 1.55. The molecule has 2 aromatic rings. The van der Waals surface area contributed by atoms with Gasteiger partial charge in [0.2, 0.25) is 0 Å². The Morgan fingerprint density at radius 3 is 3.09 bits per heavy atom. The van der Waals surface area contributed by atoms with Crippen LogP contribution >= 0.6 is 0 Å². The molecule has 1 fully saturated rings. The number of anilines is 1. The number of nitrogens with one attached hydrogen (secondary N) is 1. The van der Waals surface area contributed by atoms with Crippen molar-refractivity contribution in [2.45, 2.75) is 20.3 Å². The number of hydrogen-bond donors (Lipinski definition) is 2. The lowest BCUT2D eigenvalue weighted by molar-refractivity contribution is 0.232. The molecule has 1 aromatic heterocycles. The Morgan fingerprint density at radius 1 is 1.50 bits per heavy atom. The van der Waals surface area contributed by atoms with Crippen molar-refractivity contribution in [3.05, 3.63) is 17.9 Å². The van der Waals surface area contributed by atoms with Crippen LogP contribution in [0.1, 0.15) is 20.3 Å². The van der Waals surface area contributed by atoms with E-state index >= 15 is 0 Å². The fraction of sp³-hybridized carbons (Fsp3) is 0.562. The third kappa shape index (κ3) is 3.16. The standard InChI is InChI=1S/C16H23FN4O/c1-10(2)7-21-4-3-11(8-21)9-22-12-5-13(17)15-14(6-12)19-20-16(15)18/h5-6,10-11H,3-4,7-9H2,1-2H3,(H3,18,19,20)/t11-/m0/s1. The third-order valence-corrected chi connectivity index (χ3v) is 4.09. The summed E-state index contributed by atoms with van der Waals surface area (Å²) in [7, 11) is 0. The van der Waals surface area contributed by atoms with Crippen molar-refractivity contribution >= 4 is 16.7 Å². The minimum absolute atomic E-state index is 0.249. The molecule has 22 heavy (non-hydrogen) atoms. The molecule has 3 N–H and O–H groups in total. The summed E-state index contributed by atoms with van der Waals surface area (Å²) in [6.07, 6.45) is 1.13. The summed E-state index contributed by atoms with van der Waals surface area (Å²) >= 11 is 0. The molecule has 1 aromatic carbocycles. The molecule has 120 valence electrons. The maximum Gasteiger partial charge on any atom is 0.140 e. The zero-order valence-electron chi connectivity index (χ0n) is 13.1. The van der Waals surface area contributed by atoms with Crippen LogP contribution in [0, 0.1) is 17.7 Å². The van der Waals surface area contributed by atoms with Gasteiger partial charge in [-0.05, 0) is 18.9 Å². The predicted molar refractivity (Wildman–Crippen MR) is 85.3 cm³/mol. The highest BCUT2D eigenvalue weighted by molar-refractivity contribution is 5.90. The predicted octanol–water partition coefficient (Wildman–Crippen LogP) is 2.64. The number of nitrogens with zero attached hydrogens (tertiary/aromatic N) is 2. The van der Waals surface area contributed by atoms with Crippen LogP contribution in [0.4, 0.5) is 10.2 Å². The molecule has 0 aliphatic carbocycles. The average Bonchev–Trinajstić information content (AvgIpc) is 3.03. The molecular formula is C16H23FN4O. The van der Waals surface area contributed by atoms with Gasteiger partial charge in [-0.25, -0.2) is 4.39 Å². The quantitative estimate of drug-likeness (QED) is 0.891. The van der Waals surface area contributed by atoms with E-state index in [1.807, 2.05) is 0 Å². The first-order valence-electron chi connectivity index (χ1n) is 7.81. The van der Waals surface area contributed by atoms with Crippen molar-refractivity contribution in [2.24, 2.45) is 11.8 Å². The van der Waals surface area contributed by atoms with Gasteiger partial charge < -0.3 is 15.4 Å². The van der Waals surface area contributed by atoms with Gasteiger partial charge >= 0.3 is 0 Å². The Balaban J connectivity index is 1.60. The molecule has 0 radical (unpaired) electrons. The molecule has 1 aliphatic heterocycles. The molecule has 0 saturated carbocycles.